The number of nitrogens with two attached hydrogens (primary N) is 1. The molecule has 0 bridgehead atoms. The van der Waals surface area contributed by atoms with Gasteiger partial charge in [-0.05, 0) is 38.8 Å². The molecule has 0 radical (unpaired) electrons. The quantitative estimate of drug-likeness (QED) is 0.726. The molecule has 1 atom stereocenters. The van der Waals surface area contributed by atoms with E-state index in [0.29, 0.717) is 11.5 Å². The van der Waals surface area contributed by atoms with Crippen LogP contribution in [0.15, 0.2) is 0 Å². The maximum absolute atomic E-state index is 6.07. The van der Waals surface area contributed by atoms with Crippen LogP contribution in [0, 0.1) is 5.41 Å². The van der Waals surface area contributed by atoms with Gasteiger partial charge in [0.1, 0.15) is 0 Å². The fourth-order valence-electron chi connectivity index (χ4n) is 2.96. The van der Waals surface area contributed by atoms with Crippen molar-refractivity contribution < 1.29 is 4.74 Å². The third kappa shape index (κ3) is 4.57. The van der Waals surface area contributed by atoms with Gasteiger partial charge in [-0.25, -0.2) is 0 Å². The monoisotopic (exact) mass is 242 g/mol. The minimum Gasteiger partial charge on any atom is -0.383 e. The third-order valence-corrected chi connectivity index (χ3v) is 4.34. The molecule has 0 spiro atoms. The first kappa shape index (κ1) is 14.9. The van der Waals surface area contributed by atoms with Crippen molar-refractivity contribution >= 4 is 0 Å². The van der Waals surface area contributed by atoms with E-state index in [1.54, 1.807) is 7.11 Å². The molecule has 1 saturated carbocycles. The molecular weight excluding hydrogens is 212 g/mol. The SMILES string of the molecule is COCC(C)N(C)CC1(CN)CCCCCC1. The predicted octanol–water partition coefficient (Wildman–Crippen LogP) is 2.25. The molecule has 1 aliphatic carbocycles. The summed E-state index contributed by atoms with van der Waals surface area (Å²) in [6.45, 7) is 4.98. The molecule has 1 rings (SSSR count). The van der Waals surface area contributed by atoms with Gasteiger partial charge in [0.25, 0.3) is 0 Å². The molecule has 0 aromatic heterocycles. The highest BCUT2D eigenvalue weighted by Gasteiger charge is 2.31. The van der Waals surface area contributed by atoms with E-state index in [2.05, 4.69) is 18.9 Å². The molecule has 3 nitrogen and oxygen atoms in total. The summed E-state index contributed by atoms with van der Waals surface area (Å²) in [6.07, 6.45) is 8.08. The van der Waals surface area contributed by atoms with Crippen LogP contribution in [-0.2, 0) is 4.74 Å². The average Bonchev–Trinajstić information content (AvgIpc) is 2.55. The van der Waals surface area contributed by atoms with Gasteiger partial charge in [-0.3, -0.25) is 0 Å². The van der Waals surface area contributed by atoms with Crippen molar-refractivity contribution in [2.75, 3.05) is 33.9 Å². The van der Waals surface area contributed by atoms with Gasteiger partial charge in [0, 0.05) is 19.7 Å². The standard InChI is InChI=1S/C14H30N2O/c1-13(10-17-3)16(2)12-14(11-15)8-6-4-5-7-9-14/h13H,4-12,15H2,1-3H3. The zero-order valence-corrected chi connectivity index (χ0v) is 11.9. The first-order valence-electron chi connectivity index (χ1n) is 7.03. The Labute approximate surface area is 107 Å². The Kier molecular flexibility index (Phi) is 6.45. The Morgan fingerprint density at radius 3 is 2.29 bits per heavy atom. The number of nitrogens with zero attached hydrogens (tertiary/aromatic N) is 1. The highest BCUT2D eigenvalue weighted by molar-refractivity contribution is 4.86. The van der Waals surface area contributed by atoms with E-state index < -0.39 is 0 Å². The maximum atomic E-state index is 6.07. The molecule has 1 fully saturated rings. The first-order valence-corrected chi connectivity index (χ1v) is 7.03. The van der Waals surface area contributed by atoms with Gasteiger partial charge in [0.15, 0.2) is 0 Å². The fraction of sp³-hybridized carbons (Fsp3) is 1.00. The third-order valence-electron chi connectivity index (χ3n) is 4.34. The Hall–Kier alpha value is -0.120. The van der Waals surface area contributed by atoms with Gasteiger partial charge in [-0.15, -0.1) is 0 Å². The number of hydrogen-bond donors (Lipinski definition) is 1. The highest BCUT2D eigenvalue weighted by atomic mass is 16.5. The minimum atomic E-state index is 0.354. The second-order valence-corrected chi connectivity index (χ2v) is 5.84. The van der Waals surface area contributed by atoms with E-state index in [1.807, 2.05) is 0 Å². The zero-order valence-electron chi connectivity index (χ0n) is 11.9. The van der Waals surface area contributed by atoms with Crippen molar-refractivity contribution in [1.29, 1.82) is 0 Å². The Balaban J connectivity index is 2.54. The number of likely N-dealkylation sites (N-methyl/N-ethyl adjacent to an activating group) is 1. The van der Waals surface area contributed by atoms with Crippen molar-refractivity contribution in [3.05, 3.63) is 0 Å². The topological polar surface area (TPSA) is 38.5 Å². The zero-order chi connectivity index (χ0) is 12.7. The molecule has 0 amide bonds. The molecule has 0 aromatic carbocycles. The second kappa shape index (κ2) is 7.34. The number of ether oxygens (including phenoxy) is 1. The molecule has 0 heterocycles. The summed E-state index contributed by atoms with van der Waals surface area (Å²) in [6, 6.07) is 0.478. The molecule has 3 heteroatoms. The lowest BCUT2D eigenvalue weighted by molar-refractivity contribution is 0.0761. The molecule has 1 unspecified atom stereocenters. The van der Waals surface area contributed by atoms with Gasteiger partial charge in [-0.2, -0.15) is 0 Å². The first-order chi connectivity index (χ1) is 8.13. The van der Waals surface area contributed by atoms with Crippen LogP contribution < -0.4 is 5.73 Å². The van der Waals surface area contributed by atoms with E-state index in [-0.39, 0.29) is 0 Å². The van der Waals surface area contributed by atoms with Gasteiger partial charge in [0.2, 0.25) is 0 Å². The predicted molar refractivity (Wildman–Crippen MR) is 73.2 cm³/mol. The Morgan fingerprint density at radius 1 is 1.24 bits per heavy atom. The average molecular weight is 242 g/mol. The van der Waals surface area contributed by atoms with Gasteiger partial charge in [0.05, 0.1) is 6.61 Å². The van der Waals surface area contributed by atoms with E-state index in [1.165, 1.54) is 38.5 Å². The lowest BCUT2D eigenvalue weighted by atomic mass is 9.79. The molecular formula is C14H30N2O. The van der Waals surface area contributed by atoms with E-state index >= 15 is 0 Å². The van der Waals surface area contributed by atoms with Crippen molar-refractivity contribution in [3.63, 3.8) is 0 Å². The molecule has 0 saturated heterocycles. The summed E-state index contributed by atoms with van der Waals surface area (Å²) in [7, 11) is 3.97. The molecule has 102 valence electrons. The minimum absolute atomic E-state index is 0.354. The molecule has 2 N–H and O–H groups in total. The summed E-state index contributed by atoms with van der Waals surface area (Å²) >= 11 is 0. The number of rotatable bonds is 6. The largest absolute Gasteiger partial charge is 0.383 e. The molecule has 17 heavy (non-hydrogen) atoms. The van der Waals surface area contributed by atoms with E-state index in [9.17, 15) is 0 Å². The van der Waals surface area contributed by atoms with Crippen molar-refractivity contribution in [2.45, 2.75) is 51.5 Å². The van der Waals surface area contributed by atoms with Crippen LogP contribution in [0.2, 0.25) is 0 Å². The summed E-state index contributed by atoms with van der Waals surface area (Å²) < 4.78 is 5.23. The van der Waals surface area contributed by atoms with Crippen molar-refractivity contribution in [3.8, 4) is 0 Å². The van der Waals surface area contributed by atoms with Gasteiger partial charge >= 0.3 is 0 Å². The van der Waals surface area contributed by atoms with Crippen molar-refractivity contribution in [1.82, 2.24) is 4.90 Å². The smallest absolute Gasteiger partial charge is 0.0615 e. The highest BCUT2D eigenvalue weighted by Crippen LogP contribution is 2.35. The molecule has 1 aliphatic rings. The molecule has 0 aliphatic heterocycles. The summed E-state index contributed by atoms with van der Waals surface area (Å²) in [5.74, 6) is 0. The Morgan fingerprint density at radius 2 is 1.82 bits per heavy atom. The normalized spacial score (nSPS) is 22.4. The lowest BCUT2D eigenvalue weighted by Crippen LogP contribution is -2.45. The van der Waals surface area contributed by atoms with Crippen LogP contribution in [-0.4, -0.2) is 44.8 Å². The molecule has 0 aromatic rings. The van der Waals surface area contributed by atoms with Crippen LogP contribution in [0.1, 0.15) is 45.4 Å². The van der Waals surface area contributed by atoms with Crippen LogP contribution >= 0.6 is 0 Å². The summed E-state index contributed by atoms with van der Waals surface area (Å²) in [5.41, 5.74) is 6.43. The van der Waals surface area contributed by atoms with E-state index in [4.69, 9.17) is 10.5 Å². The van der Waals surface area contributed by atoms with E-state index in [0.717, 1.165) is 19.7 Å². The summed E-state index contributed by atoms with van der Waals surface area (Å²) in [4.78, 5) is 2.42. The second-order valence-electron chi connectivity index (χ2n) is 5.84. The van der Waals surface area contributed by atoms with Crippen LogP contribution in [0.4, 0.5) is 0 Å². The van der Waals surface area contributed by atoms with Gasteiger partial charge < -0.3 is 15.4 Å². The van der Waals surface area contributed by atoms with Crippen molar-refractivity contribution in [2.24, 2.45) is 11.1 Å². The van der Waals surface area contributed by atoms with Crippen LogP contribution in [0.3, 0.4) is 0 Å². The Bertz CT molecular complexity index is 200. The summed E-state index contributed by atoms with van der Waals surface area (Å²) in [5, 5.41) is 0. The lowest BCUT2D eigenvalue weighted by Gasteiger charge is -2.38. The number of methoxy groups -OCH3 is 1. The fourth-order valence-corrected chi connectivity index (χ4v) is 2.96. The van der Waals surface area contributed by atoms with Crippen LogP contribution in [0.25, 0.3) is 0 Å². The maximum Gasteiger partial charge on any atom is 0.0615 e. The van der Waals surface area contributed by atoms with Crippen LogP contribution in [0.5, 0.6) is 0 Å². The van der Waals surface area contributed by atoms with Gasteiger partial charge in [-0.1, -0.05) is 25.7 Å². The number of hydrogen-bond acceptors (Lipinski definition) is 3.